The minimum atomic E-state index is -1.35. The highest BCUT2D eigenvalue weighted by Gasteiger charge is 2.17. The van der Waals surface area contributed by atoms with E-state index >= 15 is 0 Å². The van der Waals surface area contributed by atoms with Crippen molar-refractivity contribution in [1.29, 1.82) is 0 Å². The molecule has 1 nitrogen and oxygen atoms in total. The Morgan fingerprint density at radius 1 is 1.50 bits per heavy atom. The van der Waals surface area contributed by atoms with Crippen molar-refractivity contribution in [2.45, 2.75) is 19.6 Å². The highest BCUT2D eigenvalue weighted by Crippen LogP contribution is 2.16. The summed E-state index contributed by atoms with van der Waals surface area (Å²) < 4.78 is 0.727. The summed E-state index contributed by atoms with van der Waals surface area (Å²) in [6.07, 6.45) is 0. The Hall–Kier alpha value is 0.147. The van der Waals surface area contributed by atoms with Crippen LogP contribution in [0.5, 0.6) is 0 Å². The van der Waals surface area contributed by atoms with Crippen LogP contribution in [0.2, 0.25) is 19.6 Å². The Morgan fingerprint density at radius 3 is 1.88 bits per heavy atom. The molecule has 0 radical (unpaired) electrons. The fourth-order valence-electron chi connectivity index (χ4n) is 0.153. The fraction of sp³-hybridized carbons (Fsp3) is 0.600. The SMILES string of the molecule is C[Si](C)(C)C(Br)=C=O. The molecule has 0 amide bonds. The summed E-state index contributed by atoms with van der Waals surface area (Å²) in [7, 11) is -1.35. The molecule has 0 saturated heterocycles. The second-order valence-corrected chi connectivity index (χ2v) is 9.19. The van der Waals surface area contributed by atoms with Crippen molar-refractivity contribution in [2.75, 3.05) is 0 Å². The molecule has 0 aliphatic rings. The molecule has 0 aromatic rings. The van der Waals surface area contributed by atoms with Crippen LogP contribution >= 0.6 is 15.9 Å². The number of halogens is 1. The van der Waals surface area contributed by atoms with Crippen LogP contribution in [0.4, 0.5) is 0 Å². The molecule has 0 rings (SSSR count). The van der Waals surface area contributed by atoms with Crippen molar-refractivity contribution in [1.82, 2.24) is 0 Å². The molecular formula is C5H9BrOSi. The summed E-state index contributed by atoms with van der Waals surface area (Å²) in [6, 6.07) is 0. The van der Waals surface area contributed by atoms with Crippen LogP contribution in [0.3, 0.4) is 0 Å². The van der Waals surface area contributed by atoms with E-state index in [2.05, 4.69) is 35.6 Å². The Kier molecular flexibility index (Phi) is 2.67. The third kappa shape index (κ3) is 2.45. The molecule has 0 spiro atoms. The lowest BCUT2D eigenvalue weighted by Gasteiger charge is -2.09. The zero-order valence-corrected chi connectivity index (χ0v) is 7.87. The predicted octanol–water partition coefficient (Wildman–Crippen LogP) is 1.97. The van der Waals surface area contributed by atoms with Crippen LogP contribution in [-0.2, 0) is 4.79 Å². The van der Waals surface area contributed by atoms with Crippen molar-refractivity contribution in [3.63, 3.8) is 0 Å². The van der Waals surface area contributed by atoms with Crippen LogP contribution in [-0.4, -0.2) is 14.0 Å². The molecule has 46 valence electrons. The summed E-state index contributed by atoms with van der Waals surface area (Å²) in [5.74, 6) is 1.85. The van der Waals surface area contributed by atoms with Gasteiger partial charge in [0.2, 0.25) is 0 Å². The lowest BCUT2D eigenvalue weighted by Crippen LogP contribution is -2.20. The summed E-state index contributed by atoms with van der Waals surface area (Å²) in [5, 5.41) is 0. The van der Waals surface area contributed by atoms with E-state index in [4.69, 9.17) is 0 Å². The average molecular weight is 193 g/mol. The monoisotopic (exact) mass is 192 g/mol. The van der Waals surface area contributed by atoms with Gasteiger partial charge in [-0.1, -0.05) is 19.6 Å². The third-order valence-electron chi connectivity index (χ3n) is 0.748. The minimum absolute atomic E-state index is 0.727. The second-order valence-electron chi connectivity index (χ2n) is 2.67. The van der Waals surface area contributed by atoms with E-state index in [0.29, 0.717) is 0 Å². The van der Waals surface area contributed by atoms with Crippen LogP contribution in [0.15, 0.2) is 4.11 Å². The standard InChI is InChI=1S/C5H9BrOSi/c1-8(2,3)5(6)4-7/h1-3H3. The summed E-state index contributed by atoms with van der Waals surface area (Å²) in [6.45, 7) is 6.26. The topological polar surface area (TPSA) is 17.1 Å². The van der Waals surface area contributed by atoms with Crippen LogP contribution < -0.4 is 0 Å². The molecule has 0 N–H and O–H groups in total. The normalized spacial score (nSPS) is 10.5. The maximum atomic E-state index is 9.98. The van der Waals surface area contributed by atoms with Gasteiger partial charge in [0.15, 0.2) is 0 Å². The maximum absolute atomic E-state index is 9.98. The van der Waals surface area contributed by atoms with Gasteiger partial charge < -0.3 is 0 Å². The van der Waals surface area contributed by atoms with E-state index in [9.17, 15) is 4.79 Å². The van der Waals surface area contributed by atoms with E-state index in [1.54, 1.807) is 0 Å². The van der Waals surface area contributed by atoms with E-state index in [0.717, 1.165) is 4.11 Å². The van der Waals surface area contributed by atoms with Gasteiger partial charge in [0.25, 0.3) is 0 Å². The molecule has 0 unspecified atom stereocenters. The van der Waals surface area contributed by atoms with Gasteiger partial charge in [-0.25, -0.2) is 4.79 Å². The van der Waals surface area contributed by atoms with Crippen molar-refractivity contribution in [3.8, 4) is 0 Å². The predicted molar refractivity (Wildman–Crippen MR) is 41.5 cm³/mol. The molecule has 0 saturated carbocycles. The van der Waals surface area contributed by atoms with Crippen molar-refractivity contribution >= 4 is 29.9 Å². The summed E-state index contributed by atoms with van der Waals surface area (Å²) >= 11 is 3.15. The van der Waals surface area contributed by atoms with Crippen LogP contribution in [0.25, 0.3) is 0 Å². The molecule has 0 aliphatic heterocycles. The second kappa shape index (κ2) is 2.62. The van der Waals surface area contributed by atoms with Gasteiger partial charge in [0.05, 0.1) is 4.11 Å². The summed E-state index contributed by atoms with van der Waals surface area (Å²) in [4.78, 5) is 9.98. The first-order valence-corrected chi connectivity index (χ1v) is 6.69. The molecule has 8 heavy (non-hydrogen) atoms. The molecule has 0 aliphatic carbocycles. The first kappa shape index (κ1) is 8.15. The Labute approximate surface area is 58.9 Å². The van der Waals surface area contributed by atoms with Crippen molar-refractivity contribution in [2.24, 2.45) is 0 Å². The molecule has 0 atom stereocenters. The van der Waals surface area contributed by atoms with Crippen LogP contribution in [0, 0.1) is 0 Å². The van der Waals surface area contributed by atoms with Gasteiger partial charge in [-0.2, -0.15) is 0 Å². The van der Waals surface area contributed by atoms with Gasteiger partial charge in [-0.05, 0) is 15.9 Å². The van der Waals surface area contributed by atoms with Gasteiger partial charge in [-0.15, -0.1) is 0 Å². The smallest absolute Gasteiger partial charge is 0.130 e. The Morgan fingerprint density at radius 2 is 1.88 bits per heavy atom. The molecular weight excluding hydrogens is 184 g/mol. The maximum Gasteiger partial charge on any atom is 0.130 e. The molecule has 0 aromatic carbocycles. The van der Waals surface area contributed by atoms with Gasteiger partial charge >= 0.3 is 0 Å². The zero-order valence-electron chi connectivity index (χ0n) is 5.29. The number of hydrogen-bond acceptors (Lipinski definition) is 1. The third-order valence-corrected chi connectivity index (χ3v) is 5.90. The van der Waals surface area contributed by atoms with Crippen molar-refractivity contribution in [3.05, 3.63) is 4.11 Å². The first-order chi connectivity index (χ1) is 3.48. The lowest BCUT2D eigenvalue weighted by atomic mass is 11.2. The quantitative estimate of drug-likeness (QED) is 0.459. The largest absolute Gasteiger partial charge is 0.233 e. The number of hydrogen-bond donors (Lipinski definition) is 0. The van der Waals surface area contributed by atoms with Crippen molar-refractivity contribution < 1.29 is 4.79 Å². The average Bonchev–Trinajstić information content (AvgIpc) is 1.62. The highest BCUT2D eigenvalue weighted by molar-refractivity contribution is 9.12. The number of carbonyl (C=O) groups excluding carboxylic acids is 1. The van der Waals surface area contributed by atoms with E-state index in [-0.39, 0.29) is 0 Å². The highest BCUT2D eigenvalue weighted by atomic mass is 79.9. The first-order valence-electron chi connectivity index (χ1n) is 2.39. The molecule has 0 aromatic heterocycles. The molecule has 3 heteroatoms. The van der Waals surface area contributed by atoms with E-state index < -0.39 is 8.07 Å². The van der Waals surface area contributed by atoms with Gasteiger partial charge in [0, 0.05) is 0 Å². The molecule has 0 heterocycles. The van der Waals surface area contributed by atoms with Gasteiger partial charge in [-0.3, -0.25) is 0 Å². The Balaban J connectivity index is 4.26. The van der Waals surface area contributed by atoms with Gasteiger partial charge in [0.1, 0.15) is 14.0 Å². The van der Waals surface area contributed by atoms with E-state index in [1.807, 2.05) is 5.94 Å². The summed E-state index contributed by atoms with van der Waals surface area (Å²) in [5.41, 5.74) is 0. The van der Waals surface area contributed by atoms with Crippen LogP contribution in [0.1, 0.15) is 0 Å². The lowest BCUT2D eigenvalue weighted by molar-refractivity contribution is 0.569. The number of rotatable bonds is 1. The Bertz CT molecular complexity index is 130. The molecule has 0 bridgehead atoms. The molecule has 0 fully saturated rings. The van der Waals surface area contributed by atoms with E-state index in [1.165, 1.54) is 0 Å². The minimum Gasteiger partial charge on any atom is -0.233 e. The zero-order chi connectivity index (χ0) is 6.78. The fourth-order valence-corrected chi connectivity index (χ4v) is 0.459.